The summed E-state index contributed by atoms with van der Waals surface area (Å²) in [7, 11) is -2.20. The molecule has 9 heteroatoms. The lowest BCUT2D eigenvalue weighted by Crippen LogP contribution is -2.48. The third-order valence-corrected chi connectivity index (χ3v) is 7.36. The summed E-state index contributed by atoms with van der Waals surface area (Å²) in [5.41, 5.74) is 2.03. The van der Waals surface area contributed by atoms with Gasteiger partial charge in [0.2, 0.25) is 0 Å². The molecule has 1 fully saturated rings. The van der Waals surface area contributed by atoms with Gasteiger partial charge in [-0.3, -0.25) is 4.79 Å². The van der Waals surface area contributed by atoms with Gasteiger partial charge in [-0.25, -0.2) is 0 Å². The first-order chi connectivity index (χ1) is 15.7. The number of methoxy groups -OCH3 is 1. The molecule has 33 heavy (non-hydrogen) atoms. The van der Waals surface area contributed by atoms with Gasteiger partial charge in [0.25, 0.3) is 15.9 Å². The Kier molecular flexibility index (Phi) is 6.34. The molecule has 176 valence electrons. The lowest BCUT2D eigenvalue weighted by Gasteiger charge is -2.36. The fourth-order valence-corrected chi connectivity index (χ4v) is 5.53. The van der Waals surface area contributed by atoms with Crippen LogP contribution in [0, 0.1) is 5.92 Å². The van der Waals surface area contributed by atoms with E-state index in [0.717, 1.165) is 11.4 Å². The van der Waals surface area contributed by atoms with E-state index in [9.17, 15) is 13.2 Å². The van der Waals surface area contributed by atoms with Crippen molar-refractivity contribution in [1.82, 2.24) is 4.90 Å². The number of benzene rings is 2. The molecule has 2 aliphatic rings. The fourth-order valence-electron chi connectivity index (χ4n) is 4.26. The molecular formula is C24H30N4O4S. The Morgan fingerprint density at radius 2 is 1.73 bits per heavy atom. The molecule has 4 rings (SSSR count). The zero-order valence-electron chi connectivity index (χ0n) is 19.5. The van der Waals surface area contributed by atoms with Gasteiger partial charge >= 0.3 is 0 Å². The molecule has 2 aliphatic heterocycles. The van der Waals surface area contributed by atoms with Crippen molar-refractivity contribution in [2.75, 3.05) is 49.6 Å². The van der Waals surface area contributed by atoms with Gasteiger partial charge in [-0.1, -0.05) is 13.8 Å². The molecule has 2 aromatic rings. The van der Waals surface area contributed by atoms with E-state index in [1.807, 2.05) is 29.2 Å². The van der Waals surface area contributed by atoms with Crippen molar-refractivity contribution >= 4 is 33.1 Å². The number of amides is 1. The summed E-state index contributed by atoms with van der Waals surface area (Å²) in [5, 5.41) is 0. The maximum atomic E-state index is 13.2. The first-order valence-corrected chi connectivity index (χ1v) is 12.5. The highest BCUT2D eigenvalue weighted by Crippen LogP contribution is 2.33. The first-order valence-electron chi connectivity index (χ1n) is 11.1. The van der Waals surface area contributed by atoms with Crippen molar-refractivity contribution in [2.45, 2.75) is 25.7 Å². The van der Waals surface area contributed by atoms with E-state index in [1.54, 1.807) is 31.1 Å². The molecule has 0 N–H and O–H groups in total. The van der Waals surface area contributed by atoms with Crippen molar-refractivity contribution < 1.29 is 17.9 Å². The lowest BCUT2D eigenvalue weighted by molar-refractivity contribution is 0.0746. The van der Waals surface area contributed by atoms with E-state index >= 15 is 0 Å². The summed E-state index contributed by atoms with van der Waals surface area (Å²) in [5.74, 6) is 1.42. The summed E-state index contributed by atoms with van der Waals surface area (Å²) in [6, 6.07) is 12.8. The van der Waals surface area contributed by atoms with E-state index in [4.69, 9.17) is 4.74 Å². The summed E-state index contributed by atoms with van der Waals surface area (Å²) in [6.45, 7) is 9.01. The third kappa shape index (κ3) is 4.68. The molecule has 0 spiro atoms. The number of rotatable bonds is 5. The van der Waals surface area contributed by atoms with E-state index < -0.39 is 10.0 Å². The average molecular weight is 471 g/mol. The smallest absolute Gasteiger partial charge is 0.286 e. The predicted octanol–water partition coefficient (Wildman–Crippen LogP) is 3.24. The Bertz CT molecular complexity index is 1170. The number of amidine groups is 1. The summed E-state index contributed by atoms with van der Waals surface area (Å²) in [4.78, 5) is 19.2. The van der Waals surface area contributed by atoms with Crippen LogP contribution in [0.5, 0.6) is 5.75 Å². The standard InChI is InChI=1S/C24H30N4O4S/c1-17(2)16-28-18(3)25-33(30,31)23-15-19(5-10-22(23)28)24(29)27-13-11-26(12-14-27)20-6-8-21(32-4)9-7-20/h5-10,15,17H,11-14,16H2,1-4H3. The zero-order chi connectivity index (χ0) is 23.8. The number of nitrogens with zero attached hydrogens (tertiary/aromatic N) is 4. The molecule has 2 aromatic carbocycles. The average Bonchev–Trinajstić information content (AvgIpc) is 2.81. The van der Waals surface area contributed by atoms with Gasteiger partial charge in [0.15, 0.2) is 0 Å². The second-order valence-electron chi connectivity index (χ2n) is 8.78. The Morgan fingerprint density at radius 1 is 1.06 bits per heavy atom. The number of anilines is 2. The van der Waals surface area contributed by atoms with Crippen LogP contribution in [-0.4, -0.2) is 64.9 Å². The van der Waals surface area contributed by atoms with Gasteiger partial charge in [-0.2, -0.15) is 8.42 Å². The van der Waals surface area contributed by atoms with Crippen LogP contribution < -0.4 is 14.5 Å². The highest BCUT2D eigenvalue weighted by Gasteiger charge is 2.31. The van der Waals surface area contributed by atoms with Gasteiger partial charge in [-0.05, 0) is 55.3 Å². The minimum atomic E-state index is -3.84. The minimum Gasteiger partial charge on any atom is -0.497 e. The number of carbonyl (C=O) groups excluding carboxylic acids is 1. The maximum absolute atomic E-state index is 13.2. The second kappa shape index (κ2) is 9.05. The van der Waals surface area contributed by atoms with E-state index in [-0.39, 0.29) is 10.8 Å². The molecular weight excluding hydrogens is 440 g/mol. The zero-order valence-corrected chi connectivity index (χ0v) is 20.3. The van der Waals surface area contributed by atoms with Crippen LogP contribution in [0.1, 0.15) is 31.1 Å². The Morgan fingerprint density at radius 3 is 2.33 bits per heavy atom. The van der Waals surface area contributed by atoms with Crippen LogP contribution in [0.15, 0.2) is 51.8 Å². The summed E-state index contributed by atoms with van der Waals surface area (Å²) < 4.78 is 34.7. The van der Waals surface area contributed by atoms with Crippen LogP contribution in [0.25, 0.3) is 0 Å². The van der Waals surface area contributed by atoms with Crippen LogP contribution in [-0.2, 0) is 10.0 Å². The van der Waals surface area contributed by atoms with E-state index in [1.165, 1.54) is 6.07 Å². The Balaban J connectivity index is 1.51. The molecule has 1 amide bonds. The van der Waals surface area contributed by atoms with Crippen molar-refractivity contribution in [3.8, 4) is 5.75 Å². The van der Waals surface area contributed by atoms with Crippen LogP contribution in [0.4, 0.5) is 11.4 Å². The maximum Gasteiger partial charge on any atom is 0.286 e. The molecule has 0 atom stereocenters. The molecule has 0 bridgehead atoms. The largest absolute Gasteiger partial charge is 0.497 e. The summed E-state index contributed by atoms with van der Waals surface area (Å²) >= 11 is 0. The number of ether oxygens (including phenoxy) is 1. The number of hydrogen-bond donors (Lipinski definition) is 0. The second-order valence-corrected chi connectivity index (χ2v) is 10.4. The molecule has 0 aliphatic carbocycles. The number of carbonyl (C=O) groups is 1. The van der Waals surface area contributed by atoms with E-state index in [0.29, 0.717) is 55.7 Å². The van der Waals surface area contributed by atoms with Crippen molar-refractivity contribution in [3.63, 3.8) is 0 Å². The predicted molar refractivity (Wildman–Crippen MR) is 130 cm³/mol. The fraction of sp³-hybridized carbons (Fsp3) is 0.417. The van der Waals surface area contributed by atoms with Gasteiger partial charge in [0, 0.05) is 44.0 Å². The van der Waals surface area contributed by atoms with Gasteiger partial charge in [0.05, 0.1) is 12.8 Å². The highest BCUT2D eigenvalue weighted by atomic mass is 32.2. The third-order valence-electron chi connectivity index (χ3n) is 5.97. The van der Waals surface area contributed by atoms with Crippen LogP contribution in [0.3, 0.4) is 0 Å². The van der Waals surface area contributed by atoms with Gasteiger partial charge in [-0.15, -0.1) is 4.40 Å². The molecule has 0 saturated carbocycles. The number of fused-ring (bicyclic) bond motifs is 1. The van der Waals surface area contributed by atoms with Gasteiger partial charge < -0.3 is 19.4 Å². The lowest BCUT2D eigenvalue weighted by atomic mass is 10.1. The topological polar surface area (TPSA) is 82.5 Å². The first kappa shape index (κ1) is 23.1. The van der Waals surface area contributed by atoms with E-state index in [2.05, 4.69) is 23.1 Å². The number of sulfonamides is 1. The van der Waals surface area contributed by atoms with Crippen LogP contribution in [0.2, 0.25) is 0 Å². The summed E-state index contributed by atoms with van der Waals surface area (Å²) in [6.07, 6.45) is 0. The minimum absolute atomic E-state index is 0.0940. The molecule has 0 radical (unpaired) electrons. The molecule has 0 unspecified atom stereocenters. The molecule has 8 nitrogen and oxygen atoms in total. The molecule has 1 saturated heterocycles. The van der Waals surface area contributed by atoms with Crippen molar-refractivity contribution in [3.05, 3.63) is 48.0 Å². The van der Waals surface area contributed by atoms with Gasteiger partial charge in [0.1, 0.15) is 16.5 Å². The highest BCUT2D eigenvalue weighted by molar-refractivity contribution is 7.90. The van der Waals surface area contributed by atoms with Crippen LogP contribution >= 0.6 is 0 Å². The SMILES string of the molecule is COc1ccc(N2CCN(C(=O)c3ccc4c(c3)S(=O)(=O)N=C(C)N4CC(C)C)CC2)cc1. The number of piperazine rings is 1. The monoisotopic (exact) mass is 470 g/mol. The van der Waals surface area contributed by atoms with Crippen molar-refractivity contribution in [1.29, 1.82) is 0 Å². The molecule has 0 aromatic heterocycles. The molecule has 2 heterocycles. The van der Waals surface area contributed by atoms with Crippen molar-refractivity contribution in [2.24, 2.45) is 10.3 Å². The Labute approximate surface area is 195 Å². The quantitative estimate of drug-likeness (QED) is 0.667. The Hall–Kier alpha value is -3.07. The normalized spacial score (nSPS) is 17.6. The number of hydrogen-bond acceptors (Lipinski definition) is 6.